The molecule has 0 aromatic heterocycles. The average Bonchev–Trinajstić information content (AvgIpc) is 1.97. The number of ether oxygens (including phenoxy) is 1. The van der Waals surface area contributed by atoms with Crippen LogP contribution in [0.5, 0.6) is 0 Å². The van der Waals surface area contributed by atoms with Crippen LogP contribution in [0.1, 0.15) is 13.3 Å². The summed E-state index contributed by atoms with van der Waals surface area (Å²) >= 11 is 9.73. The molecule has 0 aromatic carbocycles. The molecule has 0 aliphatic rings. The van der Waals surface area contributed by atoms with Gasteiger partial charge in [0.2, 0.25) is 0 Å². The molecule has 0 unspecified atom stereocenters. The molecule has 0 aliphatic carbocycles. The van der Waals surface area contributed by atoms with Crippen molar-refractivity contribution in [2.24, 2.45) is 0 Å². The van der Waals surface area contributed by atoms with Gasteiger partial charge in [0.1, 0.15) is 0 Å². The first-order valence-electron chi connectivity index (χ1n) is 3.67. The Morgan fingerprint density at radius 3 is 2.50 bits per heavy atom. The predicted octanol–water partition coefficient (Wildman–Crippen LogP) is -1.82. The van der Waals surface area contributed by atoms with Crippen molar-refractivity contribution < 1.29 is 34.3 Å². The second kappa shape index (κ2) is 10.2. The number of thiocarbonyl (C=S) groups is 1. The average molecular weight is 215 g/mol. The van der Waals surface area contributed by atoms with E-state index >= 15 is 0 Å². The van der Waals surface area contributed by atoms with Gasteiger partial charge in [-0.3, -0.25) is 0 Å². The summed E-state index contributed by atoms with van der Waals surface area (Å²) < 4.78 is 5.47. The fourth-order valence-electron chi connectivity index (χ4n) is 0.778. The molecular formula is C7H14NNaOS2. The molecule has 0 fully saturated rings. The van der Waals surface area contributed by atoms with E-state index < -0.39 is 0 Å². The first-order chi connectivity index (χ1) is 5.22. The molecule has 0 heterocycles. The Balaban J connectivity index is 0. The fourth-order valence-corrected chi connectivity index (χ4v) is 1.22. The van der Waals surface area contributed by atoms with Crippen LogP contribution in [-0.2, 0) is 17.4 Å². The summed E-state index contributed by atoms with van der Waals surface area (Å²) in [5, 5.41) is 0. The molecule has 0 atom stereocenters. The van der Waals surface area contributed by atoms with E-state index in [4.69, 9.17) is 29.6 Å². The second-order valence-electron chi connectivity index (χ2n) is 2.19. The van der Waals surface area contributed by atoms with Gasteiger partial charge < -0.3 is 34.5 Å². The molecule has 0 aliphatic heterocycles. The maximum Gasteiger partial charge on any atom is 1.00 e. The van der Waals surface area contributed by atoms with Crippen LogP contribution in [0.25, 0.3) is 0 Å². The van der Waals surface area contributed by atoms with Crippen molar-refractivity contribution in [3.8, 4) is 0 Å². The van der Waals surface area contributed by atoms with Crippen molar-refractivity contribution in [1.29, 1.82) is 0 Å². The van der Waals surface area contributed by atoms with Crippen molar-refractivity contribution >= 4 is 29.2 Å². The zero-order chi connectivity index (χ0) is 8.69. The molecule has 0 bridgehead atoms. The Morgan fingerprint density at radius 2 is 2.17 bits per heavy atom. The minimum absolute atomic E-state index is 0. The summed E-state index contributed by atoms with van der Waals surface area (Å²) in [5.74, 6) is 0. The molecule has 0 amide bonds. The molecule has 5 heteroatoms. The Hall–Kier alpha value is 1.07. The van der Waals surface area contributed by atoms with Crippen LogP contribution in [0.3, 0.4) is 0 Å². The van der Waals surface area contributed by atoms with Crippen LogP contribution in [-0.4, -0.2) is 36.0 Å². The molecule has 0 rings (SSSR count). The van der Waals surface area contributed by atoms with Gasteiger partial charge in [0, 0.05) is 26.8 Å². The van der Waals surface area contributed by atoms with Gasteiger partial charge in [-0.2, -0.15) is 0 Å². The summed E-state index contributed by atoms with van der Waals surface area (Å²) in [6, 6.07) is 0. The largest absolute Gasteiger partial charge is 1.00 e. The SMILES string of the molecule is CCN(CCCOC)C(=S)[S-].[Na+]. The van der Waals surface area contributed by atoms with E-state index in [2.05, 4.69) is 0 Å². The zero-order valence-electron chi connectivity index (χ0n) is 8.00. The van der Waals surface area contributed by atoms with E-state index in [9.17, 15) is 0 Å². The number of methoxy groups -OCH3 is 1. The monoisotopic (exact) mass is 215 g/mol. The second-order valence-corrected chi connectivity index (χ2v) is 3.22. The van der Waals surface area contributed by atoms with Crippen molar-refractivity contribution in [2.45, 2.75) is 13.3 Å². The Bertz CT molecular complexity index is 124. The van der Waals surface area contributed by atoms with E-state index in [1.54, 1.807) is 7.11 Å². The maximum atomic E-state index is 4.91. The van der Waals surface area contributed by atoms with Crippen LogP contribution in [0.2, 0.25) is 0 Å². The molecule has 0 saturated heterocycles. The minimum atomic E-state index is 0. The topological polar surface area (TPSA) is 12.5 Å². The van der Waals surface area contributed by atoms with Gasteiger partial charge in [-0.25, -0.2) is 0 Å². The predicted molar refractivity (Wildman–Crippen MR) is 53.7 cm³/mol. The van der Waals surface area contributed by atoms with Gasteiger partial charge in [-0.05, 0) is 13.3 Å². The molecule has 12 heavy (non-hydrogen) atoms. The van der Waals surface area contributed by atoms with Crippen molar-refractivity contribution in [3.63, 3.8) is 0 Å². The summed E-state index contributed by atoms with van der Waals surface area (Å²) in [7, 11) is 1.70. The molecule has 0 aromatic rings. The van der Waals surface area contributed by atoms with Gasteiger partial charge in [-0.1, -0.05) is 4.32 Å². The smallest absolute Gasteiger partial charge is 0.411 e. The third kappa shape index (κ3) is 7.71. The van der Waals surface area contributed by atoms with E-state index in [-0.39, 0.29) is 29.6 Å². The number of hydrogen-bond donors (Lipinski definition) is 0. The molecule has 0 radical (unpaired) electrons. The van der Waals surface area contributed by atoms with Gasteiger partial charge in [0.25, 0.3) is 0 Å². The first kappa shape index (κ1) is 15.5. The molecule has 0 saturated carbocycles. The van der Waals surface area contributed by atoms with E-state index in [0.29, 0.717) is 4.32 Å². The molecule has 0 spiro atoms. The van der Waals surface area contributed by atoms with Crippen LogP contribution < -0.4 is 29.6 Å². The van der Waals surface area contributed by atoms with Gasteiger partial charge in [-0.15, -0.1) is 0 Å². The van der Waals surface area contributed by atoms with Crippen molar-refractivity contribution in [3.05, 3.63) is 0 Å². The van der Waals surface area contributed by atoms with E-state index in [1.165, 1.54) is 0 Å². The van der Waals surface area contributed by atoms with Crippen molar-refractivity contribution in [1.82, 2.24) is 4.90 Å². The Labute approximate surface area is 108 Å². The van der Waals surface area contributed by atoms with Crippen LogP contribution in [0.4, 0.5) is 0 Å². The van der Waals surface area contributed by atoms with Crippen LogP contribution in [0, 0.1) is 0 Å². The van der Waals surface area contributed by atoms with Crippen LogP contribution in [0.15, 0.2) is 0 Å². The third-order valence-corrected chi connectivity index (χ3v) is 1.93. The number of nitrogens with zero attached hydrogens (tertiary/aromatic N) is 1. The Kier molecular flexibility index (Phi) is 13.1. The van der Waals surface area contributed by atoms with Gasteiger partial charge in [0.15, 0.2) is 0 Å². The number of hydrogen-bond acceptors (Lipinski definition) is 3. The molecule has 0 N–H and O–H groups in total. The first-order valence-corrected chi connectivity index (χ1v) is 4.48. The summed E-state index contributed by atoms with van der Waals surface area (Å²) in [5.41, 5.74) is 0. The van der Waals surface area contributed by atoms with Gasteiger partial charge >= 0.3 is 29.6 Å². The van der Waals surface area contributed by atoms with E-state index in [1.807, 2.05) is 11.8 Å². The normalized spacial score (nSPS) is 8.83. The molecular weight excluding hydrogens is 201 g/mol. The maximum absolute atomic E-state index is 4.91. The number of rotatable bonds is 5. The fraction of sp³-hybridized carbons (Fsp3) is 0.857. The van der Waals surface area contributed by atoms with Crippen LogP contribution >= 0.6 is 12.2 Å². The quantitative estimate of drug-likeness (QED) is 0.232. The third-order valence-electron chi connectivity index (χ3n) is 1.42. The summed E-state index contributed by atoms with van der Waals surface area (Å²) in [6.45, 7) is 4.62. The Morgan fingerprint density at radius 1 is 1.58 bits per heavy atom. The zero-order valence-corrected chi connectivity index (χ0v) is 11.6. The summed E-state index contributed by atoms with van der Waals surface area (Å²) in [6.07, 6.45) is 0.987. The molecule has 66 valence electrons. The minimum Gasteiger partial charge on any atom is -0.411 e. The summed E-state index contributed by atoms with van der Waals surface area (Å²) in [4.78, 5) is 1.99. The van der Waals surface area contributed by atoms with E-state index in [0.717, 1.165) is 26.1 Å². The van der Waals surface area contributed by atoms with Gasteiger partial charge in [0.05, 0.1) is 0 Å². The standard InChI is InChI=1S/C7H15NOS2.Na/c1-3-8(7(10)11)5-4-6-9-2;/h3-6H2,1-2H3,(H,10,11);/q;+1/p-1. The van der Waals surface area contributed by atoms with Crippen molar-refractivity contribution in [2.75, 3.05) is 26.8 Å². The molecule has 2 nitrogen and oxygen atoms in total.